The van der Waals surface area contributed by atoms with E-state index in [1.807, 2.05) is 0 Å². The van der Waals surface area contributed by atoms with E-state index in [4.69, 9.17) is 14.9 Å². The van der Waals surface area contributed by atoms with Gasteiger partial charge in [-0.2, -0.15) is 0 Å². The van der Waals surface area contributed by atoms with Gasteiger partial charge in [0.2, 0.25) is 0 Å². The summed E-state index contributed by atoms with van der Waals surface area (Å²) in [4.78, 5) is 21.6. The maximum Gasteiger partial charge on any atom is 0.328 e. The van der Waals surface area contributed by atoms with Crippen LogP contribution >= 0.6 is 0 Å². The largest absolute Gasteiger partial charge is 0.490 e. The molecular formula is C29H30FNO5. The van der Waals surface area contributed by atoms with Gasteiger partial charge in [-0.05, 0) is 48.2 Å². The number of nitrogens with zero attached hydrogens (tertiary/aromatic N) is 1. The molecule has 0 saturated carbocycles. The SMILES string of the molecule is Fc1ccc(OC2CCN(CCc3ccccc3)CC2c2ccccc2)cc1.O=C(O)C=CC(=O)O. The molecule has 188 valence electrons. The highest BCUT2D eigenvalue weighted by molar-refractivity contribution is 5.89. The fraction of sp³-hybridized carbons (Fsp3) is 0.241. The monoisotopic (exact) mass is 491 g/mol. The lowest BCUT2D eigenvalue weighted by Crippen LogP contribution is -2.44. The third-order valence-electron chi connectivity index (χ3n) is 5.89. The molecule has 3 aromatic carbocycles. The molecule has 0 bridgehead atoms. The van der Waals surface area contributed by atoms with Crippen LogP contribution in [-0.2, 0) is 16.0 Å². The normalized spacial score (nSPS) is 17.7. The number of rotatable bonds is 8. The molecule has 1 saturated heterocycles. The van der Waals surface area contributed by atoms with Crippen molar-refractivity contribution in [2.75, 3.05) is 19.6 Å². The number of benzene rings is 3. The number of hydrogen-bond donors (Lipinski definition) is 2. The summed E-state index contributed by atoms with van der Waals surface area (Å²) >= 11 is 0. The lowest BCUT2D eigenvalue weighted by Gasteiger charge is -2.39. The Balaban J connectivity index is 0.000000392. The highest BCUT2D eigenvalue weighted by atomic mass is 19.1. The lowest BCUT2D eigenvalue weighted by atomic mass is 9.87. The molecule has 1 aliphatic rings. The van der Waals surface area contributed by atoms with Crippen LogP contribution in [0.25, 0.3) is 0 Å². The minimum absolute atomic E-state index is 0.0980. The number of carboxylic acids is 2. The van der Waals surface area contributed by atoms with Crippen molar-refractivity contribution in [3.63, 3.8) is 0 Å². The maximum atomic E-state index is 13.2. The van der Waals surface area contributed by atoms with Gasteiger partial charge in [-0.1, -0.05) is 60.7 Å². The van der Waals surface area contributed by atoms with E-state index in [2.05, 4.69) is 65.6 Å². The van der Waals surface area contributed by atoms with Gasteiger partial charge in [-0.15, -0.1) is 0 Å². The summed E-state index contributed by atoms with van der Waals surface area (Å²) in [6, 6.07) is 27.6. The second kappa shape index (κ2) is 13.8. The standard InChI is InChI=1S/C25H26FNO.C4H4O4/c26-22-11-13-23(14-12-22)28-25-16-18-27(17-15-20-7-3-1-4-8-20)19-24(25)21-9-5-2-6-10-21;5-3(6)1-2-4(7)8/h1-14,24-25H,15-19H2;1-2H,(H,5,6)(H,7,8). The average Bonchev–Trinajstić information content (AvgIpc) is 2.89. The van der Waals surface area contributed by atoms with E-state index in [-0.39, 0.29) is 11.9 Å². The van der Waals surface area contributed by atoms with Crippen molar-refractivity contribution in [3.05, 3.63) is 114 Å². The molecule has 0 aliphatic carbocycles. The molecule has 0 aromatic heterocycles. The van der Waals surface area contributed by atoms with Crippen LogP contribution in [0.4, 0.5) is 4.39 Å². The predicted molar refractivity (Wildman–Crippen MR) is 136 cm³/mol. The first-order valence-electron chi connectivity index (χ1n) is 11.8. The Labute approximate surface area is 210 Å². The average molecular weight is 492 g/mol. The molecule has 2 unspecified atom stereocenters. The van der Waals surface area contributed by atoms with Gasteiger partial charge in [-0.3, -0.25) is 0 Å². The van der Waals surface area contributed by atoms with Crippen LogP contribution in [0, 0.1) is 5.82 Å². The van der Waals surface area contributed by atoms with Crippen LogP contribution < -0.4 is 4.74 Å². The van der Waals surface area contributed by atoms with Gasteiger partial charge >= 0.3 is 11.9 Å². The van der Waals surface area contributed by atoms with Gasteiger partial charge in [-0.25, -0.2) is 14.0 Å². The van der Waals surface area contributed by atoms with Gasteiger partial charge < -0.3 is 19.8 Å². The lowest BCUT2D eigenvalue weighted by molar-refractivity contribution is -0.134. The Hall–Kier alpha value is -3.97. The van der Waals surface area contributed by atoms with Gasteiger partial charge in [0.25, 0.3) is 0 Å². The first-order valence-corrected chi connectivity index (χ1v) is 11.8. The van der Waals surface area contributed by atoms with Crippen molar-refractivity contribution in [1.29, 1.82) is 0 Å². The van der Waals surface area contributed by atoms with Crippen molar-refractivity contribution in [2.24, 2.45) is 0 Å². The highest BCUT2D eigenvalue weighted by Gasteiger charge is 2.31. The number of halogens is 1. The molecule has 3 aromatic rings. The Morgan fingerprint density at radius 2 is 1.47 bits per heavy atom. The summed E-state index contributed by atoms with van der Waals surface area (Å²) in [5, 5.41) is 15.6. The van der Waals surface area contributed by atoms with Gasteiger partial charge in [0.05, 0.1) is 0 Å². The highest BCUT2D eigenvalue weighted by Crippen LogP contribution is 2.31. The topological polar surface area (TPSA) is 87.1 Å². The summed E-state index contributed by atoms with van der Waals surface area (Å²) in [6.45, 7) is 3.04. The van der Waals surface area contributed by atoms with Crippen molar-refractivity contribution >= 4 is 11.9 Å². The molecule has 1 aliphatic heterocycles. The third-order valence-corrected chi connectivity index (χ3v) is 5.89. The Bertz CT molecular complexity index is 1100. The smallest absolute Gasteiger partial charge is 0.328 e. The number of hydrogen-bond acceptors (Lipinski definition) is 4. The van der Waals surface area contributed by atoms with Crippen molar-refractivity contribution in [2.45, 2.75) is 24.9 Å². The molecule has 1 heterocycles. The van der Waals surface area contributed by atoms with Crippen LogP contribution in [-0.4, -0.2) is 52.8 Å². The molecule has 1 fully saturated rings. The second-order valence-corrected chi connectivity index (χ2v) is 8.46. The minimum atomic E-state index is -1.26. The van der Waals surface area contributed by atoms with E-state index in [0.29, 0.717) is 18.1 Å². The minimum Gasteiger partial charge on any atom is -0.490 e. The van der Waals surface area contributed by atoms with Crippen LogP contribution in [0.15, 0.2) is 97.1 Å². The van der Waals surface area contributed by atoms with E-state index >= 15 is 0 Å². The van der Waals surface area contributed by atoms with E-state index < -0.39 is 11.9 Å². The summed E-state index contributed by atoms with van der Waals surface area (Å²) in [7, 11) is 0. The van der Waals surface area contributed by atoms with Crippen LogP contribution in [0.1, 0.15) is 23.5 Å². The first-order chi connectivity index (χ1) is 17.4. The summed E-state index contributed by atoms with van der Waals surface area (Å²) < 4.78 is 19.5. The number of aliphatic carboxylic acids is 2. The second-order valence-electron chi connectivity index (χ2n) is 8.46. The fourth-order valence-corrected chi connectivity index (χ4v) is 4.12. The molecule has 2 N–H and O–H groups in total. The maximum absolute atomic E-state index is 13.2. The molecule has 0 spiro atoms. The zero-order valence-corrected chi connectivity index (χ0v) is 19.9. The van der Waals surface area contributed by atoms with Gasteiger partial charge in [0.15, 0.2) is 0 Å². The third kappa shape index (κ3) is 9.00. The number of piperidine rings is 1. The zero-order valence-electron chi connectivity index (χ0n) is 19.9. The molecule has 4 rings (SSSR count). The van der Waals surface area contributed by atoms with Crippen LogP contribution in [0.5, 0.6) is 5.75 Å². The van der Waals surface area contributed by atoms with Gasteiger partial charge in [0, 0.05) is 37.7 Å². The molecular weight excluding hydrogens is 461 g/mol. The number of carboxylic acid groups (broad SMARTS) is 2. The summed E-state index contributed by atoms with van der Waals surface area (Å²) in [5.74, 6) is -1.71. The van der Waals surface area contributed by atoms with Crippen molar-refractivity contribution in [3.8, 4) is 5.75 Å². The molecule has 0 radical (unpaired) electrons. The molecule has 2 atom stereocenters. The summed E-state index contributed by atoms with van der Waals surface area (Å²) in [5.41, 5.74) is 2.68. The van der Waals surface area contributed by atoms with E-state index in [0.717, 1.165) is 38.2 Å². The Kier molecular flexibility index (Phi) is 10.2. The van der Waals surface area contributed by atoms with E-state index in [1.54, 1.807) is 12.1 Å². The number of ether oxygens (including phenoxy) is 1. The first kappa shape index (κ1) is 26.6. The predicted octanol–water partition coefficient (Wildman–Crippen LogP) is 5.02. The molecule has 0 amide bonds. The van der Waals surface area contributed by atoms with Gasteiger partial charge in [0.1, 0.15) is 17.7 Å². The van der Waals surface area contributed by atoms with E-state index in [1.165, 1.54) is 23.3 Å². The van der Waals surface area contributed by atoms with Crippen molar-refractivity contribution < 1.29 is 28.9 Å². The van der Waals surface area contributed by atoms with E-state index in [9.17, 15) is 14.0 Å². The van der Waals surface area contributed by atoms with Crippen molar-refractivity contribution in [1.82, 2.24) is 4.90 Å². The zero-order chi connectivity index (χ0) is 25.8. The van der Waals surface area contributed by atoms with Crippen LogP contribution in [0.2, 0.25) is 0 Å². The Morgan fingerprint density at radius 1 is 0.889 bits per heavy atom. The Morgan fingerprint density at radius 3 is 2.06 bits per heavy atom. The fourth-order valence-electron chi connectivity index (χ4n) is 4.12. The van der Waals surface area contributed by atoms with Crippen LogP contribution in [0.3, 0.4) is 0 Å². The molecule has 6 nitrogen and oxygen atoms in total. The quantitative estimate of drug-likeness (QED) is 0.431. The summed E-state index contributed by atoms with van der Waals surface area (Å²) in [6.07, 6.45) is 3.24. The molecule has 7 heteroatoms. The number of likely N-dealkylation sites (tertiary alicyclic amines) is 1. The molecule has 36 heavy (non-hydrogen) atoms. The number of carbonyl (C=O) groups is 2.